The molecule has 0 unspecified atom stereocenters. The lowest BCUT2D eigenvalue weighted by Gasteiger charge is -2.34. The van der Waals surface area contributed by atoms with Crippen LogP contribution in [0.25, 0.3) is 0 Å². The summed E-state index contributed by atoms with van der Waals surface area (Å²) in [4.78, 5) is 39.8. The number of hydrogen-bond acceptors (Lipinski definition) is 4. The number of halogens is 3. The molecule has 0 aromatic heterocycles. The number of rotatable bonds is 4. The first-order chi connectivity index (χ1) is 13.2. The predicted octanol–water partition coefficient (Wildman–Crippen LogP) is 1.40. The van der Waals surface area contributed by atoms with Gasteiger partial charge in [-0.1, -0.05) is 12.5 Å². The molecule has 1 aromatic carbocycles. The van der Waals surface area contributed by atoms with E-state index < -0.39 is 42.6 Å². The Labute approximate surface area is 160 Å². The van der Waals surface area contributed by atoms with Gasteiger partial charge < -0.3 is 4.90 Å². The van der Waals surface area contributed by atoms with Gasteiger partial charge in [0, 0.05) is 5.69 Å². The first-order valence-electron chi connectivity index (χ1n) is 9.04. The number of alkyl halides is 3. The molecule has 1 N–H and O–H groups in total. The van der Waals surface area contributed by atoms with Gasteiger partial charge in [-0.2, -0.15) is 13.2 Å². The number of nitrogens with zero attached hydrogens (tertiary/aromatic N) is 3. The maximum atomic E-state index is 12.9. The zero-order valence-electron chi connectivity index (χ0n) is 15.2. The van der Waals surface area contributed by atoms with Crippen LogP contribution in [0.15, 0.2) is 24.3 Å². The number of likely N-dealkylation sites (tertiary alicyclic amines) is 1. The Kier molecular flexibility index (Phi) is 5.87. The van der Waals surface area contributed by atoms with Gasteiger partial charge in [-0.05, 0) is 44.1 Å². The van der Waals surface area contributed by atoms with Gasteiger partial charge in [0.2, 0.25) is 5.91 Å². The van der Waals surface area contributed by atoms with Gasteiger partial charge in [0.1, 0.15) is 13.1 Å². The van der Waals surface area contributed by atoms with E-state index in [0.29, 0.717) is 0 Å². The minimum absolute atomic E-state index is 0.00697. The molecule has 7 nitrogen and oxygen atoms in total. The maximum Gasteiger partial charge on any atom is 0.416 e. The molecule has 0 radical (unpaired) electrons. The highest BCUT2D eigenvalue weighted by Crippen LogP contribution is 2.32. The van der Waals surface area contributed by atoms with Crippen LogP contribution >= 0.6 is 0 Å². The van der Waals surface area contributed by atoms with Crippen molar-refractivity contribution in [2.75, 3.05) is 37.6 Å². The highest BCUT2D eigenvalue weighted by atomic mass is 19.4. The molecule has 2 aliphatic rings. The summed E-state index contributed by atoms with van der Waals surface area (Å²) < 4.78 is 38.6. The number of piperidine rings is 1. The summed E-state index contributed by atoms with van der Waals surface area (Å²) in [5.74, 6) is -1.53. The van der Waals surface area contributed by atoms with Crippen LogP contribution in [0.3, 0.4) is 0 Å². The van der Waals surface area contributed by atoms with Crippen LogP contribution in [0.4, 0.5) is 18.9 Å². The van der Waals surface area contributed by atoms with Crippen LogP contribution in [0.2, 0.25) is 0 Å². The smallest absolute Gasteiger partial charge is 0.301 e. The van der Waals surface area contributed by atoms with Crippen molar-refractivity contribution in [1.82, 2.24) is 15.3 Å². The monoisotopic (exact) mass is 398 g/mol. The minimum atomic E-state index is -4.55. The second-order valence-electron chi connectivity index (χ2n) is 6.88. The summed E-state index contributed by atoms with van der Waals surface area (Å²) in [6, 6.07) is 4.25. The SMILES string of the molecule is O=C(CN1CCCCC1)NN1CC(=O)N(c2cccc(C(F)(F)F)c2)CC1=O. The quantitative estimate of drug-likeness (QED) is 0.832. The van der Waals surface area contributed by atoms with Gasteiger partial charge in [-0.25, -0.2) is 5.01 Å². The average Bonchev–Trinajstić information content (AvgIpc) is 2.64. The molecule has 10 heteroatoms. The molecule has 0 bridgehead atoms. The van der Waals surface area contributed by atoms with Crippen molar-refractivity contribution < 1.29 is 27.6 Å². The average molecular weight is 398 g/mol. The Morgan fingerprint density at radius 2 is 1.75 bits per heavy atom. The zero-order chi connectivity index (χ0) is 20.3. The third kappa shape index (κ3) is 4.80. The van der Waals surface area contributed by atoms with Crippen molar-refractivity contribution in [1.29, 1.82) is 0 Å². The molecule has 2 saturated heterocycles. The molecule has 2 aliphatic heterocycles. The molecular weight excluding hydrogens is 377 g/mol. The van der Waals surface area contributed by atoms with E-state index in [0.717, 1.165) is 54.4 Å². The second kappa shape index (κ2) is 8.17. The lowest BCUT2D eigenvalue weighted by molar-refractivity contribution is -0.146. The van der Waals surface area contributed by atoms with E-state index in [4.69, 9.17) is 0 Å². The molecule has 3 rings (SSSR count). The van der Waals surface area contributed by atoms with E-state index in [-0.39, 0.29) is 12.2 Å². The predicted molar refractivity (Wildman–Crippen MR) is 93.9 cm³/mol. The molecule has 2 fully saturated rings. The molecule has 28 heavy (non-hydrogen) atoms. The second-order valence-corrected chi connectivity index (χ2v) is 6.88. The van der Waals surface area contributed by atoms with Gasteiger partial charge in [0.25, 0.3) is 11.8 Å². The van der Waals surface area contributed by atoms with E-state index in [9.17, 15) is 27.6 Å². The number of nitrogens with one attached hydrogen (secondary N) is 1. The van der Waals surface area contributed by atoms with Crippen LogP contribution in [0, 0.1) is 0 Å². The van der Waals surface area contributed by atoms with Crippen molar-refractivity contribution in [3.05, 3.63) is 29.8 Å². The summed E-state index contributed by atoms with van der Waals surface area (Å²) in [6.07, 6.45) is -1.39. The van der Waals surface area contributed by atoms with Crippen molar-refractivity contribution in [2.45, 2.75) is 25.4 Å². The maximum absolute atomic E-state index is 12.9. The number of anilines is 1. The summed E-state index contributed by atoms with van der Waals surface area (Å²) in [5.41, 5.74) is 1.52. The molecular formula is C18H21F3N4O3. The Morgan fingerprint density at radius 3 is 2.43 bits per heavy atom. The Hall–Kier alpha value is -2.62. The van der Waals surface area contributed by atoms with Crippen molar-refractivity contribution >= 4 is 23.4 Å². The molecule has 0 saturated carbocycles. The van der Waals surface area contributed by atoms with Gasteiger partial charge in [-0.3, -0.25) is 24.7 Å². The number of hydrazine groups is 1. The van der Waals surface area contributed by atoms with Crippen molar-refractivity contribution in [3.8, 4) is 0 Å². The number of amides is 3. The number of hydrogen-bond donors (Lipinski definition) is 1. The van der Waals surface area contributed by atoms with Gasteiger partial charge in [0.15, 0.2) is 0 Å². The molecule has 0 aliphatic carbocycles. The Morgan fingerprint density at radius 1 is 1.04 bits per heavy atom. The summed E-state index contributed by atoms with van der Waals surface area (Å²) in [7, 11) is 0. The fraction of sp³-hybridized carbons (Fsp3) is 0.500. The number of benzene rings is 1. The third-order valence-electron chi connectivity index (χ3n) is 4.75. The summed E-state index contributed by atoms with van der Waals surface area (Å²) in [5, 5.41) is 0.929. The fourth-order valence-electron chi connectivity index (χ4n) is 3.31. The van der Waals surface area contributed by atoms with Crippen LogP contribution in [0.1, 0.15) is 24.8 Å². The van der Waals surface area contributed by atoms with Crippen molar-refractivity contribution in [2.24, 2.45) is 0 Å². The molecule has 0 atom stereocenters. The van der Waals surface area contributed by atoms with Crippen LogP contribution in [-0.2, 0) is 20.6 Å². The molecule has 3 amide bonds. The highest BCUT2D eigenvalue weighted by molar-refractivity contribution is 6.05. The molecule has 0 spiro atoms. The summed E-state index contributed by atoms with van der Waals surface area (Å²) >= 11 is 0. The third-order valence-corrected chi connectivity index (χ3v) is 4.75. The van der Waals surface area contributed by atoms with Crippen LogP contribution in [-0.4, -0.2) is 60.4 Å². The van der Waals surface area contributed by atoms with Crippen LogP contribution < -0.4 is 10.3 Å². The topological polar surface area (TPSA) is 73.0 Å². The molecule has 2 heterocycles. The van der Waals surface area contributed by atoms with E-state index >= 15 is 0 Å². The zero-order valence-corrected chi connectivity index (χ0v) is 15.2. The molecule has 1 aromatic rings. The highest BCUT2D eigenvalue weighted by Gasteiger charge is 2.35. The standard InChI is InChI=1S/C18H21F3N4O3/c19-18(20,21)13-5-4-6-14(9-13)24-11-17(28)25(12-16(24)27)22-15(26)10-23-7-2-1-3-8-23/h4-6,9H,1-3,7-8,10-12H2,(H,22,26). The lowest BCUT2D eigenvalue weighted by Crippen LogP contribution is -2.60. The van der Waals surface area contributed by atoms with Gasteiger partial charge in [0.05, 0.1) is 12.1 Å². The number of piperazine rings is 1. The van der Waals surface area contributed by atoms with Crippen molar-refractivity contribution in [3.63, 3.8) is 0 Å². The largest absolute Gasteiger partial charge is 0.416 e. The normalized spacial score (nSPS) is 19.1. The first-order valence-corrected chi connectivity index (χ1v) is 9.04. The fourth-order valence-corrected chi connectivity index (χ4v) is 3.31. The van der Waals surface area contributed by atoms with E-state index in [1.807, 2.05) is 4.90 Å². The summed E-state index contributed by atoms with van der Waals surface area (Å²) in [6.45, 7) is 0.882. The Bertz CT molecular complexity index is 763. The van der Waals surface area contributed by atoms with E-state index in [2.05, 4.69) is 5.43 Å². The van der Waals surface area contributed by atoms with Crippen LogP contribution in [0.5, 0.6) is 0 Å². The van der Waals surface area contributed by atoms with E-state index in [1.54, 1.807) is 0 Å². The van der Waals surface area contributed by atoms with Gasteiger partial charge >= 0.3 is 6.18 Å². The molecule has 152 valence electrons. The number of carbonyl (C=O) groups excluding carboxylic acids is 3. The number of carbonyl (C=O) groups is 3. The lowest BCUT2D eigenvalue weighted by atomic mass is 10.1. The van der Waals surface area contributed by atoms with E-state index in [1.165, 1.54) is 12.1 Å². The van der Waals surface area contributed by atoms with Gasteiger partial charge in [-0.15, -0.1) is 0 Å². The Balaban J connectivity index is 1.62. The minimum Gasteiger partial charge on any atom is -0.301 e. The first kappa shape index (κ1) is 20.1.